The first-order chi connectivity index (χ1) is 9.70. The lowest BCUT2D eigenvalue weighted by molar-refractivity contribution is 0.306. The van der Waals surface area contributed by atoms with Crippen molar-refractivity contribution in [1.82, 2.24) is 5.32 Å². The van der Waals surface area contributed by atoms with Crippen LogP contribution in [-0.4, -0.2) is 6.54 Å². The summed E-state index contributed by atoms with van der Waals surface area (Å²) in [5.74, 6) is 0.780. The number of hydrogen-bond acceptors (Lipinski definition) is 3. The van der Waals surface area contributed by atoms with Crippen molar-refractivity contribution in [3.63, 3.8) is 0 Å². The lowest BCUT2D eigenvalue weighted by Crippen LogP contribution is -2.14. The number of para-hydroxylation sites is 1. The van der Waals surface area contributed by atoms with Gasteiger partial charge < -0.3 is 10.1 Å². The average Bonchev–Trinajstić information content (AvgIpc) is 2.84. The van der Waals surface area contributed by atoms with Crippen molar-refractivity contribution >= 4 is 38.9 Å². The van der Waals surface area contributed by atoms with E-state index in [9.17, 15) is 0 Å². The van der Waals surface area contributed by atoms with Gasteiger partial charge in [0.05, 0.1) is 8.81 Å². The minimum Gasteiger partial charge on any atom is -0.486 e. The number of benzene rings is 1. The first-order valence-electron chi connectivity index (χ1n) is 6.56. The molecule has 1 aromatic heterocycles. The Hall–Kier alpha value is -0.550. The van der Waals surface area contributed by atoms with E-state index in [-0.39, 0.29) is 0 Å². The van der Waals surface area contributed by atoms with Crippen molar-refractivity contribution in [3.05, 3.63) is 49.6 Å². The summed E-state index contributed by atoms with van der Waals surface area (Å²) in [4.78, 5) is 1.17. The summed E-state index contributed by atoms with van der Waals surface area (Å²) in [6.45, 7) is 4.46. The molecule has 0 aliphatic heterocycles. The monoisotopic (exact) mass is 373 g/mol. The first-order valence-corrected chi connectivity index (χ1v) is 8.54. The van der Waals surface area contributed by atoms with Gasteiger partial charge in [-0.1, -0.05) is 30.7 Å². The zero-order valence-electron chi connectivity index (χ0n) is 11.3. The Labute approximate surface area is 137 Å². The Morgan fingerprint density at radius 3 is 2.85 bits per heavy atom. The Kier molecular flexibility index (Phi) is 6.36. The Bertz CT molecular complexity index is 559. The number of thiophene rings is 1. The van der Waals surface area contributed by atoms with E-state index in [1.54, 1.807) is 11.3 Å². The third-order valence-corrected chi connectivity index (χ3v) is 4.67. The van der Waals surface area contributed by atoms with Gasteiger partial charge in [0.15, 0.2) is 0 Å². The van der Waals surface area contributed by atoms with E-state index in [2.05, 4.69) is 34.2 Å². The fraction of sp³-hybridized carbons (Fsp3) is 0.333. The second-order valence-electron chi connectivity index (χ2n) is 4.40. The molecule has 0 amide bonds. The molecule has 0 saturated heterocycles. The van der Waals surface area contributed by atoms with E-state index in [1.807, 2.05) is 24.3 Å². The molecular formula is C15H17BrClNOS. The van der Waals surface area contributed by atoms with Gasteiger partial charge in [-0.2, -0.15) is 0 Å². The van der Waals surface area contributed by atoms with Crippen LogP contribution in [0.25, 0.3) is 0 Å². The van der Waals surface area contributed by atoms with Crippen LogP contribution in [0.15, 0.2) is 34.1 Å². The molecule has 20 heavy (non-hydrogen) atoms. The number of rotatable bonds is 7. The summed E-state index contributed by atoms with van der Waals surface area (Å²) < 4.78 is 7.03. The highest BCUT2D eigenvalue weighted by atomic mass is 79.9. The molecule has 2 aromatic rings. The van der Waals surface area contributed by atoms with E-state index in [4.69, 9.17) is 16.3 Å². The molecule has 0 aliphatic carbocycles. The van der Waals surface area contributed by atoms with Crippen LogP contribution >= 0.6 is 38.9 Å². The second kappa shape index (κ2) is 8.03. The number of ether oxygens (including phenoxy) is 1. The normalized spacial score (nSPS) is 10.8. The van der Waals surface area contributed by atoms with Gasteiger partial charge in [-0.15, -0.1) is 11.3 Å². The van der Waals surface area contributed by atoms with Crippen LogP contribution in [0, 0.1) is 0 Å². The van der Waals surface area contributed by atoms with Crippen LogP contribution in [0.3, 0.4) is 0 Å². The Morgan fingerprint density at radius 2 is 2.15 bits per heavy atom. The fourth-order valence-corrected chi connectivity index (χ4v) is 3.47. The maximum Gasteiger partial charge on any atom is 0.142 e. The highest BCUT2D eigenvalue weighted by molar-refractivity contribution is 9.11. The van der Waals surface area contributed by atoms with Gasteiger partial charge in [-0.05, 0) is 47.1 Å². The molecule has 0 radical (unpaired) electrons. The summed E-state index contributed by atoms with van der Waals surface area (Å²) >= 11 is 11.4. The third-order valence-electron chi connectivity index (χ3n) is 2.78. The van der Waals surface area contributed by atoms with Crippen molar-refractivity contribution in [1.29, 1.82) is 0 Å². The molecule has 0 atom stereocenters. The highest BCUT2D eigenvalue weighted by Gasteiger charge is 2.09. The predicted octanol–water partition coefficient (Wildman–Crippen LogP) is 5.24. The van der Waals surface area contributed by atoms with E-state index >= 15 is 0 Å². The van der Waals surface area contributed by atoms with E-state index in [1.165, 1.54) is 4.88 Å². The molecule has 2 rings (SSSR count). The molecular weight excluding hydrogens is 358 g/mol. The van der Waals surface area contributed by atoms with Gasteiger partial charge in [-0.3, -0.25) is 0 Å². The molecule has 0 spiro atoms. The van der Waals surface area contributed by atoms with E-state index in [0.29, 0.717) is 11.6 Å². The van der Waals surface area contributed by atoms with Gasteiger partial charge in [0.1, 0.15) is 12.4 Å². The van der Waals surface area contributed by atoms with Crippen LogP contribution in [0.5, 0.6) is 5.75 Å². The topological polar surface area (TPSA) is 21.3 Å². The van der Waals surface area contributed by atoms with Crippen molar-refractivity contribution < 1.29 is 4.74 Å². The molecule has 0 aliphatic rings. The molecule has 1 N–H and O–H groups in total. The molecule has 0 unspecified atom stereocenters. The molecule has 1 aromatic carbocycles. The first kappa shape index (κ1) is 15.8. The summed E-state index contributed by atoms with van der Waals surface area (Å²) in [6.07, 6.45) is 1.11. The van der Waals surface area contributed by atoms with Crippen molar-refractivity contribution in [2.45, 2.75) is 26.5 Å². The van der Waals surface area contributed by atoms with Crippen molar-refractivity contribution in [2.24, 2.45) is 0 Å². The highest BCUT2D eigenvalue weighted by Crippen LogP contribution is 2.30. The maximum absolute atomic E-state index is 6.26. The van der Waals surface area contributed by atoms with Crippen LogP contribution < -0.4 is 10.1 Å². The molecule has 0 bridgehead atoms. The van der Waals surface area contributed by atoms with E-state index < -0.39 is 0 Å². The molecule has 1 heterocycles. The van der Waals surface area contributed by atoms with E-state index in [0.717, 1.165) is 34.6 Å². The van der Waals surface area contributed by atoms with Crippen molar-refractivity contribution in [3.8, 4) is 5.75 Å². The summed E-state index contributed by atoms with van der Waals surface area (Å²) in [6, 6.07) is 9.96. The minimum atomic E-state index is 0.542. The van der Waals surface area contributed by atoms with Crippen LogP contribution in [0.4, 0.5) is 0 Å². The van der Waals surface area contributed by atoms with Gasteiger partial charge in [0.25, 0.3) is 0 Å². The van der Waals surface area contributed by atoms with Gasteiger partial charge in [0, 0.05) is 17.0 Å². The largest absolute Gasteiger partial charge is 0.486 e. The van der Waals surface area contributed by atoms with Crippen LogP contribution in [0.1, 0.15) is 23.8 Å². The fourth-order valence-electron chi connectivity index (χ4n) is 1.83. The lowest BCUT2D eigenvalue weighted by atomic mass is 10.2. The van der Waals surface area contributed by atoms with Crippen LogP contribution in [-0.2, 0) is 13.2 Å². The predicted molar refractivity (Wildman–Crippen MR) is 89.8 cm³/mol. The lowest BCUT2D eigenvalue weighted by Gasteiger charge is -2.13. The Morgan fingerprint density at radius 1 is 1.30 bits per heavy atom. The molecule has 0 saturated carbocycles. The second-order valence-corrected chi connectivity index (χ2v) is 7.35. The summed E-state index contributed by atoms with van der Waals surface area (Å²) in [7, 11) is 0. The maximum atomic E-state index is 6.26. The smallest absolute Gasteiger partial charge is 0.142 e. The van der Waals surface area contributed by atoms with Gasteiger partial charge >= 0.3 is 0 Å². The zero-order chi connectivity index (χ0) is 14.4. The van der Waals surface area contributed by atoms with Crippen molar-refractivity contribution in [2.75, 3.05) is 6.54 Å². The average molecular weight is 375 g/mol. The Balaban J connectivity index is 2.04. The SMILES string of the molecule is CCCNCc1cccc(Cl)c1OCc1ccc(Br)s1. The molecule has 5 heteroatoms. The number of halogens is 2. The molecule has 0 fully saturated rings. The summed E-state index contributed by atoms with van der Waals surface area (Å²) in [5.41, 5.74) is 1.10. The number of hydrogen-bond donors (Lipinski definition) is 1. The molecule has 108 valence electrons. The van der Waals surface area contributed by atoms with Gasteiger partial charge in [-0.25, -0.2) is 0 Å². The number of nitrogens with one attached hydrogen (secondary N) is 1. The summed E-state index contributed by atoms with van der Waals surface area (Å²) in [5, 5.41) is 4.04. The third kappa shape index (κ3) is 4.48. The minimum absolute atomic E-state index is 0.542. The quantitative estimate of drug-likeness (QED) is 0.669. The van der Waals surface area contributed by atoms with Gasteiger partial charge in [0.2, 0.25) is 0 Å². The zero-order valence-corrected chi connectivity index (χ0v) is 14.4. The molecule has 2 nitrogen and oxygen atoms in total. The standard InChI is InChI=1S/C15H17BrClNOS/c1-2-8-18-9-11-4-3-5-13(17)15(11)19-10-12-6-7-14(16)20-12/h3-7,18H,2,8-10H2,1H3. The van der Waals surface area contributed by atoms with Crippen LogP contribution in [0.2, 0.25) is 5.02 Å².